The van der Waals surface area contributed by atoms with Gasteiger partial charge >= 0.3 is 0 Å². The molecule has 3 aliphatic heterocycles. The van der Waals surface area contributed by atoms with Crippen molar-refractivity contribution in [3.8, 4) is 0 Å². The average Bonchev–Trinajstić information content (AvgIpc) is 3.08. The first-order valence-corrected chi connectivity index (χ1v) is 9.37. The van der Waals surface area contributed by atoms with Crippen LogP contribution in [0, 0.1) is 23.2 Å². The summed E-state index contributed by atoms with van der Waals surface area (Å²) in [6.07, 6.45) is 2.27. The van der Waals surface area contributed by atoms with Gasteiger partial charge in [-0.1, -0.05) is 25.1 Å². The van der Waals surface area contributed by atoms with Crippen LogP contribution in [-0.2, 0) is 14.9 Å². The number of anilines is 1. The van der Waals surface area contributed by atoms with Gasteiger partial charge in [-0.25, -0.2) is 0 Å². The molecule has 1 aromatic rings. The lowest BCUT2D eigenvalue weighted by Crippen LogP contribution is -2.62. The second-order valence-corrected chi connectivity index (χ2v) is 8.67. The predicted molar refractivity (Wildman–Crippen MR) is 90.7 cm³/mol. The number of piperidine rings is 1. The highest BCUT2D eigenvalue weighted by atomic mass is 16.5. The summed E-state index contributed by atoms with van der Waals surface area (Å²) in [6.45, 7) is 4.32. The topological polar surface area (TPSA) is 41.6 Å². The molecule has 1 amide bonds. The molecule has 126 valence electrons. The standard InChI is InChI=1S/C20H24N2O2/c1-3-19-10-22(2)16-11-9-24-15(8-13(11)19)20(17(16)19)12-6-4-5-7-14(12)21-18(20)23/h4-7,11,13,15-17H,3,8-10H2,1-2H3,(H,21,23)/t11-,13+,15+,16+,17-,19-,20-/m0/s1. The van der Waals surface area contributed by atoms with E-state index in [4.69, 9.17) is 4.74 Å². The third-order valence-electron chi connectivity index (χ3n) is 8.32. The van der Waals surface area contributed by atoms with Crippen molar-refractivity contribution >= 4 is 11.6 Å². The van der Waals surface area contributed by atoms with E-state index in [0.717, 1.165) is 31.2 Å². The van der Waals surface area contributed by atoms with E-state index in [-0.39, 0.29) is 17.4 Å². The Balaban J connectivity index is 1.67. The van der Waals surface area contributed by atoms with Gasteiger partial charge in [-0.15, -0.1) is 0 Å². The minimum Gasteiger partial charge on any atom is -0.376 e. The molecule has 24 heavy (non-hydrogen) atoms. The van der Waals surface area contributed by atoms with E-state index < -0.39 is 5.41 Å². The highest BCUT2D eigenvalue weighted by molar-refractivity contribution is 6.07. The Morgan fingerprint density at radius 3 is 3.04 bits per heavy atom. The molecule has 3 heterocycles. The molecule has 2 aliphatic carbocycles. The highest BCUT2D eigenvalue weighted by Gasteiger charge is 2.79. The summed E-state index contributed by atoms with van der Waals surface area (Å²) in [6, 6.07) is 8.82. The number of hydrogen-bond acceptors (Lipinski definition) is 3. The van der Waals surface area contributed by atoms with Gasteiger partial charge in [-0.05, 0) is 42.9 Å². The van der Waals surface area contributed by atoms with Crippen molar-refractivity contribution in [2.75, 3.05) is 25.5 Å². The molecule has 1 aromatic carbocycles. The summed E-state index contributed by atoms with van der Waals surface area (Å²) in [5.41, 5.74) is 2.00. The summed E-state index contributed by atoms with van der Waals surface area (Å²) < 4.78 is 6.37. The van der Waals surface area contributed by atoms with E-state index >= 15 is 0 Å². The van der Waals surface area contributed by atoms with Crippen LogP contribution in [0.5, 0.6) is 0 Å². The number of benzene rings is 1. The molecule has 4 heteroatoms. The molecule has 4 fully saturated rings. The molecule has 0 unspecified atom stereocenters. The van der Waals surface area contributed by atoms with Gasteiger partial charge < -0.3 is 15.0 Å². The van der Waals surface area contributed by atoms with Crippen molar-refractivity contribution in [2.24, 2.45) is 23.2 Å². The van der Waals surface area contributed by atoms with E-state index in [0.29, 0.717) is 17.9 Å². The largest absolute Gasteiger partial charge is 0.376 e. The molecule has 5 aliphatic rings. The van der Waals surface area contributed by atoms with E-state index in [1.807, 2.05) is 6.07 Å². The van der Waals surface area contributed by atoms with Crippen LogP contribution >= 0.6 is 0 Å². The molecule has 7 atom stereocenters. The van der Waals surface area contributed by atoms with E-state index in [9.17, 15) is 4.79 Å². The smallest absolute Gasteiger partial charge is 0.238 e. The van der Waals surface area contributed by atoms with Gasteiger partial charge in [0.2, 0.25) is 5.91 Å². The number of carbonyl (C=O) groups excluding carboxylic acids is 1. The van der Waals surface area contributed by atoms with Gasteiger partial charge in [0.1, 0.15) is 5.41 Å². The Morgan fingerprint density at radius 1 is 1.38 bits per heavy atom. The molecule has 6 rings (SSSR count). The van der Waals surface area contributed by atoms with Crippen LogP contribution < -0.4 is 5.32 Å². The van der Waals surface area contributed by atoms with Crippen molar-refractivity contribution in [1.29, 1.82) is 0 Å². The molecule has 1 spiro atoms. The number of fused-ring (bicyclic) bond motifs is 5. The molecular formula is C20H24N2O2. The molecule has 2 saturated carbocycles. The zero-order chi connectivity index (χ0) is 16.3. The van der Waals surface area contributed by atoms with E-state index in [1.165, 1.54) is 12.0 Å². The summed E-state index contributed by atoms with van der Waals surface area (Å²) in [4.78, 5) is 16.0. The fraction of sp³-hybridized carbons (Fsp3) is 0.650. The lowest BCUT2D eigenvalue weighted by Gasteiger charge is -2.55. The fourth-order valence-electron chi connectivity index (χ4n) is 7.76. The minimum absolute atomic E-state index is 0.0450. The number of likely N-dealkylation sites (tertiary alicyclic amines) is 1. The van der Waals surface area contributed by atoms with Crippen LogP contribution in [0.15, 0.2) is 24.3 Å². The van der Waals surface area contributed by atoms with Crippen molar-refractivity contribution in [3.05, 3.63) is 29.8 Å². The Hall–Kier alpha value is -1.39. The number of nitrogens with one attached hydrogen (secondary N) is 1. The number of ether oxygens (including phenoxy) is 1. The molecule has 2 saturated heterocycles. The summed E-state index contributed by atoms with van der Waals surface area (Å²) >= 11 is 0. The highest BCUT2D eigenvalue weighted by Crippen LogP contribution is 2.73. The van der Waals surface area contributed by atoms with Gasteiger partial charge in [0.05, 0.1) is 12.7 Å². The molecular weight excluding hydrogens is 300 g/mol. The lowest BCUT2D eigenvalue weighted by molar-refractivity contribution is -0.161. The maximum Gasteiger partial charge on any atom is 0.238 e. The number of hydrogen-bond donors (Lipinski definition) is 1. The van der Waals surface area contributed by atoms with Gasteiger partial charge in [0, 0.05) is 30.1 Å². The van der Waals surface area contributed by atoms with E-state index in [1.54, 1.807) is 0 Å². The van der Waals surface area contributed by atoms with Crippen molar-refractivity contribution in [2.45, 2.75) is 37.3 Å². The maximum atomic E-state index is 13.5. The minimum atomic E-state index is -0.482. The normalized spacial score (nSPS) is 50.6. The molecule has 5 bridgehead atoms. The average molecular weight is 324 g/mol. The maximum absolute atomic E-state index is 13.5. The number of amides is 1. The first-order valence-electron chi connectivity index (χ1n) is 9.37. The predicted octanol–water partition coefficient (Wildman–Crippen LogP) is 2.25. The van der Waals surface area contributed by atoms with Gasteiger partial charge in [-0.3, -0.25) is 4.79 Å². The van der Waals surface area contributed by atoms with Crippen molar-refractivity contribution < 1.29 is 9.53 Å². The Morgan fingerprint density at radius 2 is 2.21 bits per heavy atom. The Bertz CT molecular complexity index is 764. The van der Waals surface area contributed by atoms with Gasteiger partial charge in [-0.2, -0.15) is 0 Å². The summed E-state index contributed by atoms with van der Waals surface area (Å²) in [7, 11) is 2.26. The monoisotopic (exact) mass is 324 g/mol. The number of rotatable bonds is 1. The SMILES string of the molecule is CC[C@]12CN(C)[C@@H]3[C@H]4CO[C@H](C[C@H]41)[C@]1(C(=O)Nc4ccccc41)[C@@H]32. The zero-order valence-corrected chi connectivity index (χ0v) is 14.3. The van der Waals surface area contributed by atoms with Crippen molar-refractivity contribution in [1.82, 2.24) is 4.90 Å². The Labute approximate surface area is 142 Å². The third-order valence-corrected chi connectivity index (χ3v) is 8.32. The molecule has 4 nitrogen and oxygen atoms in total. The van der Waals surface area contributed by atoms with Crippen LogP contribution in [0.4, 0.5) is 5.69 Å². The zero-order valence-electron chi connectivity index (χ0n) is 14.3. The first kappa shape index (κ1) is 13.9. The van der Waals surface area contributed by atoms with Crippen LogP contribution in [0.25, 0.3) is 0 Å². The number of nitrogens with zero attached hydrogens (tertiary/aromatic N) is 1. The molecule has 0 radical (unpaired) electrons. The van der Waals surface area contributed by atoms with Crippen molar-refractivity contribution in [3.63, 3.8) is 0 Å². The summed E-state index contributed by atoms with van der Waals surface area (Å²) in [5.74, 6) is 1.92. The number of carbonyl (C=O) groups is 1. The Kier molecular flexibility index (Phi) is 2.34. The summed E-state index contributed by atoms with van der Waals surface area (Å²) in [5, 5.41) is 3.21. The van der Waals surface area contributed by atoms with Gasteiger partial charge in [0.15, 0.2) is 0 Å². The molecule has 1 N–H and O–H groups in total. The molecule has 0 aromatic heterocycles. The van der Waals surface area contributed by atoms with Crippen LogP contribution in [0.1, 0.15) is 25.3 Å². The number of para-hydroxylation sites is 1. The second-order valence-electron chi connectivity index (χ2n) is 8.67. The van der Waals surface area contributed by atoms with Gasteiger partial charge in [0.25, 0.3) is 0 Å². The van der Waals surface area contributed by atoms with E-state index in [2.05, 4.69) is 42.4 Å². The lowest BCUT2D eigenvalue weighted by atomic mass is 9.50. The van der Waals surface area contributed by atoms with Crippen LogP contribution in [0.2, 0.25) is 0 Å². The van der Waals surface area contributed by atoms with Crippen LogP contribution in [0.3, 0.4) is 0 Å². The first-order chi connectivity index (χ1) is 11.6. The third kappa shape index (κ3) is 1.16. The fourth-order valence-corrected chi connectivity index (χ4v) is 7.76. The quantitative estimate of drug-likeness (QED) is 0.861. The second kappa shape index (κ2) is 4.05. The van der Waals surface area contributed by atoms with Crippen LogP contribution in [-0.4, -0.2) is 43.2 Å².